The van der Waals surface area contributed by atoms with E-state index in [-0.39, 0.29) is 0 Å². The Balaban J connectivity index is 3.05. The summed E-state index contributed by atoms with van der Waals surface area (Å²) in [5.41, 5.74) is 0. The third kappa shape index (κ3) is 18.3. The van der Waals surface area contributed by atoms with Crippen molar-refractivity contribution >= 4 is 34.8 Å². The summed E-state index contributed by atoms with van der Waals surface area (Å²) in [6, 6.07) is 1.01. The number of carboxylic acids is 1. The van der Waals surface area contributed by atoms with Crippen LogP contribution in [0.1, 0.15) is 70.6 Å². The summed E-state index contributed by atoms with van der Waals surface area (Å²) in [6.45, 7) is 0.130. The lowest BCUT2D eigenvalue weighted by atomic mass is 10.1. The van der Waals surface area contributed by atoms with Gasteiger partial charge in [-0.3, -0.25) is 4.79 Å². The van der Waals surface area contributed by atoms with Crippen LogP contribution in [0.2, 0.25) is 12.6 Å². The molecule has 0 radical (unpaired) electrons. The second kappa shape index (κ2) is 12.0. The van der Waals surface area contributed by atoms with Gasteiger partial charge in [0.05, 0.1) is 0 Å². The van der Waals surface area contributed by atoms with Gasteiger partial charge in [-0.2, -0.15) is 0 Å². The van der Waals surface area contributed by atoms with E-state index in [1.807, 2.05) is 6.55 Å². The van der Waals surface area contributed by atoms with E-state index in [1.54, 1.807) is 0 Å². The van der Waals surface area contributed by atoms with Crippen molar-refractivity contribution < 1.29 is 9.90 Å². The number of hydrogen-bond donors (Lipinski definition) is 1. The topological polar surface area (TPSA) is 37.3 Å². The standard InChI is InChI=1S/C14H28Cl2O2Si/c1-19(15,16)13-11-9-7-5-3-2-4-6-8-10-12-14(17)18/h2-13H2,1H3,(H,17,18). The molecule has 0 amide bonds. The lowest BCUT2D eigenvalue weighted by molar-refractivity contribution is -0.137. The zero-order valence-corrected chi connectivity index (χ0v) is 14.6. The van der Waals surface area contributed by atoms with Crippen LogP contribution in [0.5, 0.6) is 0 Å². The monoisotopic (exact) mass is 326 g/mol. The minimum absolute atomic E-state index is 0.323. The van der Waals surface area contributed by atoms with Crippen molar-refractivity contribution in [3.63, 3.8) is 0 Å². The summed E-state index contributed by atoms with van der Waals surface area (Å²) in [5, 5.41) is 8.49. The van der Waals surface area contributed by atoms with Gasteiger partial charge >= 0.3 is 5.97 Å². The molecule has 0 aromatic heterocycles. The molecule has 0 atom stereocenters. The first-order chi connectivity index (χ1) is 8.92. The lowest BCUT2D eigenvalue weighted by Crippen LogP contribution is -2.11. The van der Waals surface area contributed by atoms with Crippen LogP contribution in [0.4, 0.5) is 0 Å². The Morgan fingerprint density at radius 1 is 0.842 bits per heavy atom. The summed E-state index contributed by atoms with van der Waals surface area (Å²) < 4.78 is 0. The van der Waals surface area contributed by atoms with Crippen LogP contribution in [-0.2, 0) is 4.79 Å². The molecule has 0 fully saturated rings. The van der Waals surface area contributed by atoms with Gasteiger partial charge in [-0.1, -0.05) is 57.8 Å². The van der Waals surface area contributed by atoms with Crippen molar-refractivity contribution in [2.24, 2.45) is 0 Å². The van der Waals surface area contributed by atoms with Gasteiger partial charge in [0.1, 0.15) is 0 Å². The number of carbonyl (C=O) groups is 1. The molecule has 19 heavy (non-hydrogen) atoms. The Morgan fingerprint density at radius 3 is 1.58 bits per heavy atom. The van der Waals surface area contributed by atoms with Crippen LogP contribution in [0.3, 0.4) is 0 Å². The minimum atomic E-state index is -1.86. The smallest absolute Gasteiger partial charge is 0.303 e. The predicted octanol–water partition coefficient (Wildman–Crippen LogP) is 5.91. The average Bonchev–Trinajstić information content (AvgIpc) is 2.28. The second-order valence-corrected chi connectivity index (χ2v) is 13.7. The van der Waals surface area contributed by atoms with E-state index in [1.165, 1.54) is 51.4 Å². The molecule has 0 bridgehead atoms. The molecule has 0 rings (SSSR count). The highest BCUT2D eigenvalue weighted by Crippen LogP contribution is 2.23. The Morgan fingerprint density at radius 2 is 1.21 bits per heavy atom. The molecule has 0 aromatic rings. The zero-order valence-electron chi connectivity index (χ0n) is 12.1. The molecule has 0 spiro atoms. The van der Waals surface area contributed by atoms with E-state index in [9.17, 15) is 4.79 Å². The van der Waals surface area contributed by atoms with Gasteiger partial charge in [0.25, 0.3) is 0 Å². The molecule has 1 N–H and O–H groups in total. The van der Waals surface area contributed by atoms with Gasteiger partial charge in [0, 0.05) is 6.42 Å². The molecular weight excluding hydrogens is 299 g/mol. The highest BCUT2D eigenvalue weighted by Gasteiger charge is 2.19. The van der Waals surface area contributed by atoms with Gasteiger partial charge < -0.3 is 5.11 Å². The fourth-order valence-electron chi connectivity index (χ4n) is 2.13. The zero-order chi connectivity index (χ0) is 14.6. The lowest BCUT2D eigenvalue weighted by Gasteiger charge is -2.09. The molecular formula is C14H28Cl2O2Si. The maximum absolute atomic E-state index is 10.3. The summed E-state index contributed by atoms with van der Waals surface area (Å²) in [7, 11) is 0. The Labute approximate surface area is 128 Å². The maximum atomic E-state index is 10.3. The molecule has 0 aliphatic heterocycles. The Kier molecular flexibility index (Phi) is 12.2. The summed E-state index contributed by atoms with van der Waals surface area (Å²) in [5.74, 6) is -0.673. The van der Waals surface area contributed by atoms with E-state index in [4.69, 9.17) is 27.3 Å². The van der Waals surface area contributed by atoms with Crippen LogP contribution < -0.4 is 0 Å². The van der Waals surface area contributed by atoms with Gasteiger partial charge in [-0.25, -0.2) is 0 Å². The van der Waals surface area contributed by atoms with Crippen molar-refractivity contribution in [3.8, 4) is 0 Å². The molecule has 0 aliphatic carbocycles. The Hall–Kier alpha value is 0.267. The maximum Gasteiger partial charge on any atom is 0.303 e. The summed E-state index contributed by atoms with van der Waals surface area (Å²) in [6.07, 6.45) is 12.2. The van der Waals surface area contributed by atoms with E-state index < -0.39 is 12.7 Å². The van der Waals surface area contributed by atoms with Crippen molar-refractivity contribution in [2.45, 2.75) is 83.2 Å². The first-order valence-corrected chi connectivity index (χ1v) is 12.2. The third-order valence-electron chi connectivity index (χ3n) is 3.26. The predicted molar refractivity (Wildman–Crippen MR) is 86.6 cm³/mol. The molecule has 0 unspecified atom stereocenters. The SMILES string of the molecule is C[Si](Cl)(Cl)CCCCCCCCCCCCC(=O)O. The van der Waals surface area contributed by atoms with E-state index >= 15 is 0 Å². The van der Waals surface area contributed by atoms with Gasteiger partial charge in [-0.15, -0.1) is 22.2 Å². The molecule has 0 heterocycles. The minimum Gasteiger partial charge on any atom is -0.481 e. The van der Waals surface area contributed by atoms with Crippen molar-refractivity contribution in [1.29, 1.82) is 0 Å². The first-order valence-electron chi connectivity index (χ1n) is 7.51. The number of hydrogen-bond acceptors (Lipinski definition) is 1. The van der Waals surface area contributed by atoms with E-state index in [2.05, 4.69) is 0 Å². The highest BCUT2D eigenvalue weighted by atomic mass is 35.7. The third-order valence-corrected chi connectivity index (χ3v) is 5.62. The number of carboxylic acid groups (broad SMARTS) is 1. The molecule has 114 valence electrons. The van der Waals surface area contributed by atoms with Gasteiger partial charge in [0.15, 0.2) is 0 Å². The first kappa shape index (κ1) is 19.3. The molecule has 2 nitrogen and oxygen atoms in total. The Bertz CT molecular complexity index is 230. The number of unbranched alkanes of at least 4 members (excludes halogenated alkanes) is 9. The number of rotatable bonds is 13. The van der Waals surface area contributed by atoms with Crippen LogP contribution in [0.15, 0.2) is 0 Å². The van der Waals surface area contributed by atoms with Crippen LogP contribution in [0, 0.1) is 0 Å². The molecule has 0 aliphatic rings. The molecule has 5 heteroatoms. The van der Waals surface area contributed by atoms with Crippen LogP contribution >= 0.6 is 22.2 Å². The largest absolute Gasteiger partial charge is 0.481 e. The summed E-state index contributed by atoms with van der Waals surface area (Å²) >= 11 is 12.1. The number of halogens is 2. The molecule has 0 aromatic carbocycles. The van der Waals surface area contributed by atoms with Gasteiger partial charge in [-0.05, 0) is 19.0 Å². The van der Waals surface area contributed by atoms with Crippen LogP contribution in [-0.4, -0.2) is 17.8 Å². The van der Waals surface area contributed by atoms with E-state index in [0.717, 1.165) is 18.9 Å². The second-order valence-electron chi connectivity index (χ2n) is 5.50. The van der Waals surface area contributed by atoms with Crippen molar-refractivity contribution in [2.75, 3.05) is 0 Å². The highest BCUT2D eigenvalue weighted by molar-refractivity contribution is 7.44. The van der Waals surface area contributed by atoms with Crippen molar-refractivity contribution in [1.82, 2.24) is 0 Å². The fraction of sp³-hybridized carbons (Fsp3) is 0.929. The number of aliphatic carboxylic acids is 1. The van der Waals surface area contributed by atoms with Crippen molar-refractivity contribution in [3.05, 3.63) is 0 Å². The fourth-order valence-corrected chi connectivity index (χ4v) is 3.80. The van der Waals surface area contributed by atoms with Crippen LogP contribution in [0.25, 0.3) is 0 Å². The summed E-state index contributed by atoms with van der Waals surface area (Å²) in [4.78, 5) is 10.3. The van der Waals surface area contributed by atoms with Gasteiger partial charge in [0.2, 0.25) is 6.69 Å². The molecule has 0 saturated heterocycles. The quantitative estimate of drug-likeness (QED) is 0.259. The normalized spacial score (nSPS) is 11.7. The average molecular weight is 327 g/mol. The van der Waals surface area contributed by atoms with E-state index in [0.29, 0.717) is 6.42 Å². The molecule has 0 saturated carbocycles.